The fraction of sp³-hybridized carbons (Fsp3) is 0.571. The van der Waals surface area contributed by atoms with E-state index in [4.69, 9.17) is 4.74 Å². The number of nitrogens with one attached hydrogen (secondary N) is 1. The van der Waals surface area contributed by atoms with Gasteiger partial charge in [0.05, 0.1) is 16.5 Å². The highest BCUT2D eigenvalue weighted by atomic mass is 79.9. The summed E-state index contributed by atoms with van der Waals surface area (Å²) in [4.78, 5) is 0.285. The first-order chi connectivity index (χ1) is 9.49. The fourth-order valence-electron chi connectivity index (χ4n) is 3.47. The van der Waals surface area contributed by atoms with Crippen molar-refractivity contribution < 1.29 is 13.2 Å². The molecule has 2 aliphatic rings. The molecule has 0 aliphatic heterocycles. The summed E-state index contributed by atoms with van der Waals surface area (Å²) in [6, 6.07) is 4.95. The maximum atomic E-state index is 12.4. The third kappa shape index (κ3) is 2.61. The van der Waals surface area contributed by atoms with Gasteiger partial charge in [-0.25, -0.2) is 13.1 Å². The lowest BCUT2D eigenvalue weighted by atomic mass is 9.96. The molecule has 2 saturated carbocycles. The smallest absolute Gasteiger partial charge is 0.240 e. The van der Waals surface area contributed by atoms with Gasteiger partial charge < -0.3 is 4.74 Å². The van der Waals surface area contributed by atoms with Crippen molar-refractivity contribution >= 4 is 26.0 Å². The largest absolute Gasteiger partial charge is 0.496 e. The van der Waals surface area contributed by atoms with Crippen LogP contribution in [0.1, 0.15) is 25.7 Å². The normalized spacial score (nSPS) is 28.8. The Balaban J connectivity index is 1.79. The van der Waals surface area contributed by atoms with Gasteiger partial charge in [-0.2, -0.15) is 0 Å². The summed E-state index contributed by atoms with van der Waals surface area (Å²) in [6.45, 7) is 0. The number of halogens is 1. The average Bonchev–Trinajstić information content (AvgIpc) is 3.00. The number of rotatable bonds is 4. The highest BCUT2D eigenvalue weighted by Crippen LogP contribution is 2.44. The standard InChI is InChI=1S/C14H18BrNO3S/c1-19-14-5-4-11(8-12(14)15)20(17,18)16-13-7-9-2-3-10(13)6-9/h4-5,8-10,13,16H,2-3,6-7H2,1H3/t9-,10+,13+/m1/s1. The molecule has 0 aromatic heterocycles. The molecule has 3 rings (SSSR count). The van der Waals surface area contributed by atoms with Crippen LogP contribution in [-0.4, -0.2) is 21.6 Å². The van der Waals surface area contributed by atoms with E-state index in [1.54, 1.807) is 25.3 Å². The highest BCUT2D eigenvalue weighted by Gasteiger charge is 2.41. The van der Waals surface area contributed by atoms with E-state index < -0.39 is 10.0 Å². The van der Waals surface area contributed by atoms with Gasteiger partial charge in [0.2, 0.25) is 10.0 Å². The Morgan fingerprint density at radius 2 is 2.10 bits per heavy atom. The Kier molecular flexibility index (Phi) is 3.81. The van der Waals surface area contributed by atoms with Crippen molar-refractivity contribution in [3.8, 4) is 5.75 Å². The Hall–Kier alpha value is -0.590. The zero-order valence-electron chi connectivity index (χ0n) is 11.3. The third-order valence-electron chi connectivity index (χ3n) is 4.48. The van der Waals surface area contributed by atoms with Crippen molar-refractivity contribution in [1.82, 2.24) is 4.72 Å². The topological polar surface area (TPSA) is 55.4 Å². The van der Waals surface area contributed by atoms with Crippen LogP contribution in [0.3, 0.4) is 0 Å². The van der Waals surface area contributed by atoms with Crippen LogP contribution in [0.4, 0.5) is 0 Å². The average molecular weight is 360 g/mol. The molecule has 110 valence electrons. The molecule has 20 heavy (non-hydrogen) atoms. The molecule has 1 aromatic carbocycles. The molecule has 0 saturated heterocycles. The lowest BCUT2D eigenvalue weighted by Gasteiger charge is -2.22. The van der Waals surface area contributed by atoms with E-state index in [1.807, 2.05) is 0 Å². The van der Waals surface area contributed by atoms with E-state index in [2.05, 4.69) is 20.7 Å². The second-order valence-electron chi connectivity index (χ2n) is 5.70. The molecule has 0 spiro atoms. The van der Waals surface area contributed by atoms with Gasteiger partial charge in [0, 0.05) is 6.04 Å². The van der Waals surface area contributed by atoms with Crippen LogP contribution in [0.25, 0.3) is 0 Å². The lowest BCUT2D eigenvalue weighted by Crippen LogP contribution is -2.38. The summed E-state index contributed by atoms with van der Waals surface area (Å²) in [5, 5.41) is 0. The molecule has 0 amide bonds. The summed E-state index contributed by atoms with van der Waals surface area (Å²) < 4.78 is 33.5. The van der Waals surface area contributed by atoms with Crippen molar-refractivity contribution in [2.24, 2.45) is 11.8 Å². The number of methoxy groups -OCH3 is 1. The third-order valence-corrected chi connectivity index (χ3v) is 6.59. The van der Waals surface area contributed by atoms with Crippen molar-refractivity contribution in [2.45, 2.75) is 36.6 Å². The molecule has 2 aliphatic carbocycles. The zero-order chi connectivity index (χ0) is 14.3. The van der Waals surface area contributed by atoms with Crippen LogP contribution in [-0.2, 0) is 10.0 Å². The Labute approximate surface area is 128 Å². The minimum atomic E-state index is -3.45. The predicted octanol–water partition coefficient (Wildman–Crippen LogP) is 2.92. The molecule has 4 nitrogen and oxygen atoms in total. The molecule has 1 N–H and O–H groups in total. The molecule has 3 atom stereocenters. The summed E-state index contributed by atoms with van der Waals surface area (Å²) in [7, 11) is -1.89. The highest BCUT2D eigenvalue weighted by molar-refractivity contribution is 9.10. The van der Waals surface area contributed by atoms with Gasteiger partial charge >= 0.3 is 0 Å². The Morgan fingerprint density at radius 3 is 2.65 bits per heavy atom. The van der Waals surface area contributed by atoms with E-state index in [1.165, 1.54) is 12.8 Å². The van der Waals surface area contributed by atoms with Crippen LogP contribution >= 0.6 is 15.9 Å². The van der Waals surface area contributed by atoms with Crippen LogP contribution < -0.4 is 9.46 Å². The van der Waals surface area contributed by atoms with E-state index in [9.17, 15) is 8.42 Å². The number of ether oxygens (including phenoxy) is 1. The second-order valence-corrected chi connectivity index (χ2v) is 8.27. The molecule has 0 unspecified atom stereocenters. The van der Waals surface area contributed by atoms with E-state index >= 15 is 0 Å². The van der Waals surface area contributed by atoms with Gasteiger partial charge in [-0.1, -0.05) is 6.42 Å². The lowest BCUT2D eigenvalue weighted by molar-refractivity contribution is 0.390. The van der Waals surface area contributed by atoms with Gasteiger partial charge in [0.15, 0.2) is 0 Å². The SMILES string of the molecule is COc1ccc(S(=O)(=O)N[C@H]2C[C@@H]3CC[C@H]2C3)cc1Br. The minimum absolute atomic E-state index is 0.111. The predicted molar refractivity (Wildman–Crippen MR) is 80.3 cm³/mol. The second kappa shape index (κ2) is 5.31. The molecule has 2 fully saturated rings. The maximum Gasteiger partial charge on any atom is 0.240 e. The quantitative estimate of drug-likeness (QED) is 0.898. The molecular formula is C14H18BrNO3S. The van der Waals surface area contributed by atoms with E-state index in [0.717, 1.165) is 18.8 Å². The molecule has 0 heterocycles. The number of hydrogen-bond acceptors (Lipinski definition) is 3. The van der Waals surface area contributed by atoms with Crippen molar-refractivity contribution in [1.29, 1.82) is 0 Å². The first kappa shape index (κ1) is 14.4. The van der Waals surface area contributed by atoms with Gasteiger partial charge in [-0.3, -0.25) is 0 Å². The molecule has 1 aromatic rings. The van der Waals surface area contributed by atoms with Crippen molar-refractivity contribution in [3.63, 3.8) is 0 Å². The number of hydrogen-bond donors (Lipinski definition) is 1. The molecule has 2 bridgehead atoms. The molecular weight excluding hydrogens is 342 g/mol. The van der Waals surface area contributed by atoms with Gasteiger partial charge in [0.1, 0.15) is 5.75 Å². The first-order valence-corrected chi connectivity index (χ1v) is 9.13. The fourth-order valence-corrected chi connectivity index (χ4v) is 5.51. The Bertz CT molecular complexity index is 617. The number of sulfonamides is 1. The summed E-state index contributed by atoms with van der Waals surface area (Å²) in [6.07, 6.45) is 4.59. The van der Waals surface area contributed by atoms with Gasteiger partial charge in [-0.15, -0.1) is 0 Å². The minimum Gasteiger partial charge on any atom is -0.496 e. The van der Waals surface area contributed by atoms with Crippen LogP contribution in [0.5, 0.6) is 5.75 Å². The van der Waals surface area contributed by atoms with E-state index in [0.29, 0.717) is 16.1 Å². The van der Waals surface area contributed by atoms with Crippen molar-refractivity contribution in [3.05, 3.63) is 22.7 Å². The van der Waals surface area contributed by atoms with Crippen LogP contribution in [0.15, 0.2) is 27.6 Å². The van der Waals surface area contributed by atoms with Crippen LogP contribution in [0, 0.1) is 11.8 Å². The van der Waals surface area contributed by atoms with Gasteiger partial charge in [0.25, 0.3) is 0 Å². The van der Waals surface area contributed by atoms with Crippen LogP contribution in [0.2, 0.25) is 0 Å². The Morgan fingerprint density at radius 1 is 1.30 bits per heavy atom. The number of fused-ring (bicyclic) bond motifs is 2. The first-order valence-electron chi connectivity index (χ1n) is 6.85. The maximum absolute atomic E-state index is 12.4. The van der Waals surface area contributed by atoms with E-state index in [-0.39, 0.29) is 10.9 Å². The summed E-state index contributed by atoms with van der Waals surface area (Å²) in [5.41, 5.74) is 0. The molecule has 0 radical (unpaired) electrons. The van der Waals surface area contributed by atoms with Crippen molar-refractivity contribution in [2.75, 3.05) is 7.11 Å². The monoisotopic (exact) mass is 359 g/mol. The number of benzene rings is 1. The summed E-state index contributed by atoms with van der Waals surface area (Å²) in [5.74, 6) is 1.87. The summed E-state index contributed by atoms with van der Waals surface area (Å²) >= 11 is 3.33. The molecule has 6 heteroatoms. The van der Waals surface area contributed by atoms with Gasteiger partial charge in [-0.05, 0) is 65.2 Å². The zero-order valence-corrected chi connectivity index (χ0v) is 13.7.